The van der Waals surface area contributed by atoms with E-state index in [0.29, 0.717) is 13.0 Å². The fraction of sp³-hybridized carbons (Fsp3) is 0.174. The summed E-state index contributed by atoms with van der Waals surface area (Å²) in [6.45, 7) is 0.381. The van der Waals surface area contributed by atoms with Crippen molar-refractivity contribution in [2.45, 2.75) is 23.8 Å². The molecule has 3 aromatic rings. The Bertz CT molecular complexity index is 1060. The van der Waals surface area contributed by atoms with Gasteiger partial charge in [0.2, 0.25) is 15.9 Å². The van der Waals surface area contributed by atoms with Crippen molar-refractivity contribution in [2.24, 2.45) is 0 Å². The molecular weight excluding hydrogens is 403 g/mol. The maximum absolute atomic E-state index is 13.2. The van der Waals surface area contributed by atoms with E-state index in [1.54, 1.807) is 0 Å². The standard InChI is InChI=1S/C23H23FN2O3S/c24-20-11-13-21(14-12-20)30(28,29)26-22(17-19-9-5-2-6-10-19)23(27)25-16-15-18-7-3-1-4-8-18/h1-14,22,26H,15-17H2,(H,25,27)/t22-/m0/s1. The van der Waals surface area contributed by atoms with E-state index in [9.17, 15) is 17.6 Å². The Hall–Kier alpha value is -3.03. The first-order valence-corrected chi connectivity index (χ1v) is 11.1. The second kappa shape index (κ2) is 10.1. The van der Waals surface area contributed by atoms with Gasteiger partial charge in [0.1, 0.15) is 11.9 Å². The smallest absolute Gasteiger partial charge is 0.241 e. The zero-order chi connectivity index (χ0) is 21.4. The summed E-state index contributed by atoms with van der Waals surface area (Å²) in [6.07, 6.45) is 0.827. The van der Waals surface area contributed by atoms with E-state index in [1.807, 2.05) is 60.7 Å². The van der Waals surface area contributed by atoms with Crippen LogP contribution in [0.2, 0.25) is 0 Å². The maximum Gasteiger partial charge on any atom is 0.241 e. The van der Waals surface area contributed by atoms with Crippen LogP contribution in [-0.4, -0.2) is 26.9 Å². The quantitative estimate of drug-likeness (QED) is 0.552. The van der Waals surface area contributed by atoms with Gasteiger partial charge in [-0.25, -0.2) is 12.8 Å². The van der Waals surface area contributed by atoms with Crippen LogP contribution in [-0.2, 0) is 27.7 Å². The van der Waals surface area contributed by atoms with Gasteiger partial charge in [0, 0.05) is 6.54 Å². The van der Waals surface area contributed by atoms with Gasteiger partial charge >= 0.3 is 0 Å². The summed E-state index contributed by atoms with van der Waals surface area (Å²) in [5, 5.41) is 2.81. The average Bonchev–Trinajstić information content (AvgIpc) is 2.75. The fourth-order valence-electron chi connectivity index (χ4n) is 3.00. The summed E-state index contributed by atoms with van der Waals surface area (Å²) < 4.78 is 41.1. The molecule has 0 bridgehead atoms. The SMILES string of the molecule is O=C(NCCc1ccccc1)[C@H](Cc1ccccc1)NS(=O)(=O)c1ccc(F)cc1. The molecule has 156 valence electrons. The van der Waals surface area contributed by atoms with E-state index in [2.05, 4.69) is 10.0 Å². The molecule has 0 saturated heterocycles. The second-order valence-corrected chi connectivity index (χ2v) is 8.56. The number of rotatable bonds is 9. The van der Waals surface area contributed by atoms with Crippen molar-refractivity contribution in [3.63, 3.8) is 0 Å². The Morgan fingerprint density at radius 3 is 2.00 bits per heavy atom. The highest BCUT2D eigenvalue weighted by Gasteiger charge is 2.26. The molecule has 0 aliphatic heterocycles. The Morgan fingerprint density at radius 1 is 0.833 bits per heavy atom. The van der Waals surface area contributed by atoms with E-state index in [4.69, 9.17) is 0 Å². The molecule has 0 radical (unpaired) electrons. The lowest BCUT2D eigenvalue weighted by molar-refractivity contribution is -0.122. The average molecular weight is 427 g/mol. The van der Waals surface area contributed by atoms with Crippen molar-refractivity contribution >= 4 is 15.9 Å². The van der Waals surface area contributed by atoms with Crippen molar-refractivity contribution in [1.82, 2.24) is 10.0 Å². The molecule has 0 aliphatic rings. The van der Waals surface area contributed by atoms with Crippen LogP contribution in [0.5, 0.6) is 0 Å². The van der Waals surface area contributed by atoms with Crippen LogP contribution in [0, 0.1) is 5.82 Å². The topological polar surface area (TPSA) is 75.3 Å². The number of halogens is 1. The normalized spacial score (nSPS) is 12.3. The molecule has 0 aromatic heterocycles. The van der Waals surface area contributed by atoms with E-state index < -0.39 is 27.8 Å². The third-order valence-corrected chi connectivity index (χ3v) is 6.06. The molecule has 5 nitrogen and oxygen atoms in total. The highest BCUT2D eigenvalue weighted by Crippen LogP contribution is 2.12. The largest absolute Gasteiger partial charge is 0.354 e. The van der Waals surface area contributed by atoms with Crippen LogP contribution in [0.4, 0.5) is 4.39 Å². The van der Waals surface area contributed by atoms with Crippen LogP contribution < -0.4 is 10.0 Å². The van der Waals surface area contributed by atoms with E-state index in [0.717, 1.165) is 23.3 Å². The van der Waals surface area contributed by atoms with Gasteiger partial charge in [-0.1, -0.05) is 60.7 Å². The molecule has 2 N–H and O–H groups in total. The van der Waals surface area contributed by atoms with Crippen LogP contribution >= 0.6 is 0 Å². The first-order valence-electron chi connectivity index (χ1n) is 9.57. The number of carbonyl (C=O) groups excluding carboxylic acids is 1. The van der Waals surface area contributed by atoms with Gasteiger partial charge in [-0.2, -0.15) is 4.72 Å². The first kappa shape index (κ1) is 21.7. The third kappa shape index (κ3) is 6.23. The molecule has 1 atom stereocenters. The predicted octanol–water partition coefficient (Wildman–Crippen LogP) is 3.07. The Morgan fingerprint density at radius 2 is 1.40 bits per heavy atom. The number of benzene rings is 3. The Balaban J connectivity index is 1.72. The Kier molecular flexibility index (Phi) is 7.32. The summed E-state index contributed by atoms with van der Waals surface area (Å²) in [4.78, 5) is 12.7. The van der Waals surface area contributed by atoms with Crippen LogP contribution in [0.25, 0.3) is 0 Å². The van der Waals surface area contributed by atoms with Crippen molar-refractivity contribution in [2.75, 3.05) is 6.54 Å². The number of sulfonamides is 1. The van der Waals surface area contributed by atoms with Gasteiger partial charge in [-0.3, -0.25) is 4.79 Å². The molecule has 1 amide bonds. The van der Waals surface area contributed by atoms with Gasteiger partial charge in [0.05, 0.1) is 4.90 Å². The number of amides is 1. The predicted molar refractivity (Wildman–Crippen MR) is 114 cm³/mol. The van der Waals surface area contributed by atoms with Crippen molar-refractivity contribution in [1.29, 1.82) is 0 Å². The van der Waals surface area contributed by atoms with Gasteiger partial charge in [0.15, 0.2) is 0 Å². The molecule has 0 spiro atoms. The van der Waals surface area contributed by atoms with Gasteiger partial charge in [0.25, 0.3) is 0 Å². The molecule has 3 aromatic carbocycles. The molecule has 0 aliphatic carbocycles. The summed E-state index contributed by atoms with van der Waals surface area (Å²) in [5.74, 6) is -0.950. The molecular formula is C23H23FN2O3S. The monoisotopic (exact) mass is 426 g/mol. The van der Waals surface area contributed by atoms with Crippen molar-refractivity contribution in [3.05, 3.63) is 102 Å². The third-order valence-electron chi connectivity index (χ3n) is 4.58. The summed E-state index contributed by atoms with van der Waals surface area (Å²) in [7, 11) is -4.00. The number of carbonyl (C=O) groups is 1. The lowest BCUT2D eigenvalue weighted by Crippen LogP contribution is -2.48. The molecule has 0 unspecified atom stereocenters. The number of hydrogen-bond donors (Lipinski definition) is 2. The molecule has 0 saturated carbocycles. The summed E-state index contributed by atoms with van der Waals surface area (Å²) >= 11 is 0. The molecule has 0 fully saturated rings. The van der Waals surface area contributed by atoms with Crippen molar-refractivity contribution in [3.8, 4) is 0 Å². The molecule has 3 rings (SSSR count). The van der Waals surface area contributed by atoms with E-state index in [1.165, 1.54) is 12.1 Å². The summed E-state index contributed by atoms with van der Waals surface area (Å²) in [6, 6.07) is 22.3. The Labute approximate surface area is 176 Å². The minimum atomic E-state index is -4.00. The minimum absolute atomic E-state index is 0.0981. The highest BCUT2D eigenvalue weighted by atomic mass is 32.2. The van der Waals surface area contributed by atoms with Crippen LogP contribution in [0.15, 0.2) is 89.8 Å². The van der Waals surface area contributed by atoms with Crippen LogP contribution in [0.3, 0.4) is 0 Å². The lowest BCUT2D eigenvalue weighted by atomic mass is 10.1. The van der Waals surface area contributed by atoms with E-state index in [-0.39, 0.29) is 11.3 Å². The summed E-state index contributed by atoms with van der Waals surface area (Å²) in [5.41, 5.74) is 1.90. The van der Waals surface area contributed by atoms with Gasteiger partial charge < -0.3 is 5.32 Å². The molecule has 7 heteroatoms. The fourth-order valence-corrected chi connectivity index (χ4v) is 4.20. The minimum Gasteiger partial charge on any atom is -0.354 e. The maximum atomic E-state index is 13.2. The van der Waals surface area contributed by atoms with Gasteiger partial charge in [-0.05, 0) is 48.2 Å². The lowest BCUT2D eigenvalue weighted by Gasteiger charge is -2.19. The highest BCUT2D eigenvalue weighted by molar-refractivity contribution is 7.89. The first-order chi connectivity index (χ1) is 14.4. The molecule has 0 heterocycles. The van der Waals surface area contributed by atoms with E-state index >= 15 is 0 Å². The zero-order valence-corrected chi connectivity index (χ0v) is 17.1. The second-order valence-electron chi connectivity index (χ2n) is 6.84. The molecule has 30 heavy (non-hydrogen) atoms. The van der Waals surface area contributed by atoms with Crippen molar-refractivity contribution < 1.29 is 17.6 Å². The number of nitrogens with one attached hydrogen (secondary N) is 2. The van der Waals surface area contributed by atoms with Crippen LogP contribution in [0.1, 0.15) is 11.1 Å². The van der Waals surface area contributed by atoms with Gasteiger partial charge in [-0.15, -0.1) is 0 Å². The zero-order valence-electron chi connectivity index (χ0n) is 16.3. The number of hydrogen-bond acceptors (Lipinski definition) is 3.